The summed E-state index contributed by atoms with van der Waals surface area (Å²) < 4.78 is 37.2. The molecule has 0 spiro atoms. The van der Waals surface area contributed by atoms with Gasteiger partial charge in [-0.2, -0.15) is 0 Å². The highest BCUT2D eigenvalue weighted by Crippen LogP contribution is 2.24. The van der Waals surface area contributed by atoms with Gasteiger partial charge in [0.25, 0.3) is 0 Å². The molecular formula is C16H14F2O5. The molecule has 122 valence electrons. The number of fused-ring (bicyclic) bond motifs is 1. The largest absolute Gasteiger partial charge is 0.469 e. The standard InChI is InChI=1S/C16H14F2O5/c1-3-9-11(17)7-8-6-10(12(19)4-5-13(20)22-2)16(21)23-15(8)14(9)18/h6-7H,3-5H2,1-2H3. The average molecular weight is 324 g/mol. The third-order valence-electron chi connectivity index (χ3n) is 3.45. The van der Waals surface area contributed by atoms with Crippen LogP contribution in [-0.2, 0) is 16.0 Å². The Morgan fingerprint density at radius 1 is 1.22 bits per heavy atom. The van der Waals surface area contributed by atoms with Crippen molar-refractivity contribution in [2.24, 2.45) is 0 Å². The number of carbonyl (C=O) groups excluding carboxylic acids is 2. The highest BCUT2D eigenvalue weighted by atomic mass is 19.1. The summed E-state index contributed by atoms with van der Waals surface area (Å²) in [5.74, 6) is -2.99. The maximum atomic E-state index is 14.1. The summed E-state index contributed by atoms with van der Waals surface area (Å²) in [6, 6.07) is 2.09. The maximum absolute atomic E-state index is 14.1. The third-order valence-corrected chi connectivity index (χ3v) is 3.45. The molecule has 1 aromatic carbocycles. The van der Waals surface area contributed by atoms with Crippen molar-refractivity contribution in [3.8, 4) is 0 Å². The van der Waals surface area contributed by atoms with Gasteiger partial charge in [-0.25, -0.2) is 13.6 Å². The molecule has 1 aromatic heterocycles. The summed E-state index contributed by atoms with van der Waals surface area (Å²) in [7, 11) is 1.17. The number of ketones is 1. The molecule has 0 fully saturated rings. The van der Waals surface area contributed by atoms with E-state index in [0.29, 0.717) is 0 Å². The molecule has 0 bridgehead atoms. The van der Waals surface area contributed by atoms with E-state index in [2.05, 4.69) is 4.74 Å². The Bertz CT molecular complexity index is 838. The topological polar surface area (TPSA) is 73.6 Å². The first-order valence-electron chi connectivity index (χ1n) is 6.93. The molecule has 0 unspecified atom stereocenters. The van der Waals surface area contributed by atoms with Gasteiger partial charge in [0.15, 0.2) is 17.2 Å². The van der Waals surface area contributed by atoms with E-state index in [1.54, 1.807) is 6.92 Å². The average Bonchev–Trinajstić information content (AvgIpc) is 2.53. The molecule has 2 aromatic rings. The second kappa shape index (κ2) is 6.68. The van der Waals surface area contributed by atoms with Crippen molar-refractivity contribution < 1.29 is 27.5 Å². The quantitative estimate of drug-likeness (QED) is 0.480. The summed E-state index contributed by atoms with van der Waals surface area (Å²) in [4.78, 5) is 34.9. The Balaban J connectivity index is 2.48. The van der Waals surface area contributed by atoms with Crippen LogP contribution in [0.1, 0.15) is 35.7 Å². The summed E-state index contributed by atoms with van der Waals surface area (Å²) >= 11 is 0. The Kier molecular flexibility index (Phi) is 4.88. The van der Waals surface area contributed by atoms with Gasteiger partial charge in [-0.15, -0.1) is 0 Å². The maximum Gasteiger partial charge on any atom is 0.347 e. The molecule has 0 aliphatic rings. The van der Waals surface area contributed by atoms with Crippen LogP contribution in [0, 0.1) is 11.6 Å². The van der Waals surface area contributed by atoms with Gasteiger partial charge >= 0.3 is 11.6 Å². The van der Waals surface area contributed by atoms with E-state index in [1.807, 2.05) is 0 Å². The first-order valence-corrected chi connectivity index (χ1v) is 6.93. The number of methoxy groups -OCH3 is 1. The van der Waals surface area contributed by atoms with Gasteiger partial charge in [0.2, 0.25) is 0 Å². The number of hydrogen-bond donors (Lipinski definition) is 0. The van der Waals surface area contributed by atoms with Crippen LogP contribution < -0.4 is 5.63 Å². The minimum Gasteiger partial charge on any atom is -0.469 e. The Morgan fingerprint density at radius 2 is 1.91 bits per heavy atom. The monoisotopic (exact) mass is 324 g/mol. The first-order chi connectivity index (χ1) is 10.9. The van der Waals surface area contributed by atoms with E-state index >= 15 is 0 Å². The fraction of sp³-hybridized carbons (Fsp3) is 0.312. The van der Waals surface area contributed by atoms with Gasteiger partial charge < -0.3 is 9.15 Å². The van der Waals surface area contributed by atoms with Crippen LogP contribution in [0.3, 0.4) is 0 Å². The van der Waals surface area contributed by atoms with Crippen LogP contribution in [0.2, 0.25) is 0 Å². The van der Waals surface area contributed by atoms with Crippen molar-refractivity contribution in [3.63, 3.8) is 0 Å². The highest BCUT2D eigenvalue weighted by Gasteiger charge is 2.19. The van der Waals surface area contributed by atoms with Crippen molar-refractivity contribution in [2.45, 2.75) is 26.2 Å². The summed E-state index contributed by atoms with van der Waals surface area (Å²) in [6.45, 7) is 1.57. The minimum atomic E-state index is -1.03. The molecule has 0 N–H and O–H groups in total. The Labute approximate surface area is 129 Å². The lowest BCUT2D eigenvalue weighted by Gasteiger charge is -2.06. The molecule has 0 atom stereocenters. The molecule has 0 aliphatic carbocycles. The molecule has 7 heteroatoms. The zero-order valence-corrected chi connectivity index (χ0v) is 12.6. The van der Waals surface area contributed by atoms with Crippen molar-refractivity contribution in [2.75, 3.05) is 7.11 Å². The number of hydrogen-bond acceptors (Lipinski definition) is 5. The molecule has 23 heavy (non-hydrogen) atoms. The zero-order valence-electron chi connectivity index (χ0n) is 12.6. The fourth-order valence-electron chi connectivity index (χ4n) is 2.20. The molecule has 0 saturated heterocycles. The van der Waals surface area contributed by atoms with Crippen LogP contribution in [-0.4, -0.2) is 18.9 Å². The normalized spacial score (nSPS) is 10.8. The van der Waals surface area contributed by atoms with Gasteiger partial charge in [0.05, 0.1) is 13.5 Å². The molecule has 0 saturated carbocycles. The van der Waals surface area contributed by atoms with Crippen LogP contribution in [0.4, 0.5) is 8.78 Å². The van der Waals surface area contributed by atoms with E-state index in [0.717, 1.165) is 12.1 Å². The summed E-state index contributed by atoms with van der Waals surface area (Å²) in [6.07, 6.45) is -0.373. The van der Waals surface area contributed by atoms with Gasteiger partial charge in [-0.05, 0) is 18.6 Å². The summed E-state index contributed by atoms with van der Waals surface area (Å²) in [5.41, 5.74) is -1.97. The minimum absolute atomic E-state index is 0.0294. The van der Waals surface area contributed by atoms with Gasteiger partial charge in [0.1, 0.15) is 11.4 Å². The van der Waals surface area contributed by atoms with Crippen LogP contribution in [0.15, 0.2) is 21.3 Å². The number of carbonyl (C=O) groups is 2. The first kappa shape index (κ1) is 16.8. The van der Waals surface area contributed by atoms with Crippen molar-refractivity contribution in [3.05, 3.63) is 45.3 Å². The van der Waals surface area contributed by atoms with E-state index in [9.17, 15) is 23.2 Å². The molecule has 0 radical (unpaired) electrons. The predicted octanol–water partition coefficient (Wildman–Crippen LogP) is 2.77. The van der Waals surface area contributed by atoms with E-state index < -0.39 is 34.6 Å². The highest BCUT2D eigenvalue weighted by molar-refractivity contribution is 5.99. The van der Waals surface area contributed by atoms with Gasteiger partial charge in [-0.1, -0.05) is 6.92 Å². The number of Topliss-reactive ketones (excluding diaryl/α,β-unsaturated/α-hetero) is 1. The Morgan fingerprint density at radius 3 is 2.52 bits per heavy atom. The molecule has 1 heterocycles. The summed E-state index contributed by atoms with van der Waals surface area (Å²) in [5, 5.41) is -0.0294. The molecule has 0 aliphatic heterocycles. The number of ether oxygens (including phenoxy) is 1. The molecular weight excluding hydrogens is 310 g/mol. The molecule has 2 rings (SSSR count). The fourth-order valence-corrected chi connectivity index (χ4v) is 2.20. The lowest BCUT2D eigenvalue weighted by atomic mass is 10.0. The van der Waals surface area contributed by atoms with Gasteiger partial charge in [0, 0.05) is 17.4 Å². The lowest BCUT2D eigenvalue weighted by Crippen LogP contribution is -2.16. The number of rotatable bonds is 5. The zero-order chi connectivity index (χ0) is 17.1. The number of benzene rings is 1. The third kappa shape index (κ3) is 3.28. The van der Waals surface area contributed by atoms with E-state index in [-0.39, 0.29) is 35.8 Å². The lowest BCUT2D eigenvalue weighted by molar-refractivity contribution is -0.140. The molecule has 5 nitrogen and oxygen atoms in total. The van der Waals surface area contributed by atoms with Crippen molar-refractivity contribution in [1.29, 1.82) is 0 Å². The van der Waals surface area contributed by atoms with E-state index in [1.165, 1.54) is 7.11 Å². The second-order valence-electron chi connectivity index (χ2n) is 4.87. The predicted molar refractivity (Wildman–Crippen MR) is 77.4 cm³/mol. The second-order valence-corrected chi connectivity index (χ2v) is 4.87. The Hall–Kier alpha value is -2.57. The SMILES string of the molecule is CCc1c(F)cc2cc(C(=O)CCC(=O)OC)c(=O)oc2c1F. The molecule has 0 amide bonds. The van der Waals surface area contributed by atoms with Crippen LogP contribution in [0.25, 0.3) is 11.0 Å². The van der Waals surface area contributed by atoms with Crippen molar-refractivity contribution >= 4 is 22.7 Å². The van der Waals surface area contributed by atoms with Crippen molar-refractivity contribution in [1.82, 2.24) is 0 Å². The van der Waals surface area contributed by atoms with Crippen LogP contribution in [0.5, 0.6) is 0 Å². The number of esters is 1. The van der Waals surface area contributed by atoms with E-state index in [4.69, 9.17) is 4.42 Å². The number of halogens is 2. The smallest absolute Gasteiger partial charge is 0.347 e. The van der Waals surface area contributed by atoms with Crippen LogP contribution >= 0.6 is 0 Å². The van der Waals surface area contributed by atoms with Gasteiger partial charge in [-0.3, -0.25) is 9.59 Å².